The lowest BCUT2D eigenvalue weighted by molar-refractivity contribution is 0.0979. The van der Waals surface area contributed by atoms with E-state index < -0.39 is 79.2 Å². The molecular weight excluding hydrogens is 740 g/mol. The molecule has 0 amide bonds. The van der Waals surface area contributed by atoms with Gasteiger partial charge in [-0.2, -0.15) is 40.2 Å². The summed E-state index contributed by atoms with van der Waals surface area (Å²) < 4.78 is 102. The number of hydrogen-bond acceptors (Lipinski definition) is 14. The molecule has 6 rings (SSSR count). The quantitative estimate of drug-likeness (QED) is 0.112. The molecule has 0 radical (unpaired) electrons. The van der Waals surface area contributed by atoms with Gasteiger partial charge in [0.2, 0.25) is 17.2 Å². The minimum atomic E-state index is -5.02. The third-order valence-corrected chi connectivity index (χ3v) is 9.93. The molecule has 17 nitrogen and oxygen atoms in total. The lowest BCUT2D eigenvalue weighted by Gasteiger charge is -2.22. The lowest BCUT2D eigenvalue weighted by Crippen LogP contribution is -2.23. The first-order chi connectivity index (χ1) is 23.4. The van der Waals surface area contributed by atoms with Crippen LogP contribution in [0.5, 0.6) is 0 Å². The van der Waals surface area contributed by atoms with Gasteiger partial charge in [-0.3, -0.25) is 23.2 Å². The van der Waals surface area contributed by atoms with Gasteiger partial charge >= 0.3 is 0 Å². The highest BCUT2D eigenvalue weighted by molar-refractivity contribution is 7.86. The van der Waals surface area contributed by atoms with E-state index in [1.807, 2.05) is 0 Å². The Bertz CT molecular complexity index is 2620. The highest BCUT2D eigenvalue weighted by Crippen LogP contribution is 2.39. The SMILES string of the molecule is O=C1c2ccccc2C(=O)c2c1ccc(S(=O)(=O)O)c2Nc1ccc(S(=O)(=O)O)c(Nc2nc(Cl)nc(Nc3cccc(S(=O)(=O)O)c3)n2)c1. The van der Waals surface area contributed by atoms with Gasteiger partial charge in [0.1, 0.15) is 9.79 Å². The topological polar surface area (TPSA) is 272 Å². The fraction of sp³-hybridized carbons (Fsp3) is 0. The normalized spacial score (nSPS) is 13.0. The Morgan fingerprint density at radius 2 is 1.16 bits per heavy atom. The van der Waals surface area contributed by atoms with Crippen molar-refractivity contribution in [3.05, 3.63) is 106 Å². The number of hydrogen-bond donors (Lipinski definition) is 6. The molecule has 1 aliphatic carbocycles. The van der Waals surface area contributed by atoms with Crippen molar-refractivity contribution < 1.29 is 48.5 Å². The van der Waals surface area contributed by atoms with Crippen LogP contribution in [0.15, 0.2) is 93.5 Å². The van der Waals surface area contributed by atoms with E-state index in [1.54, 1.807) is 6.07 Å². The van der Waals surface area contributed by atoms with E-state index in [2.05, 4.69) is 30.9 Å². The van der Waals surface area contributed by atoms with E-state index in [-0.39, 0.29) is 39.6 Å². The van der Waals surface area contributed by atoms with Crippen LogP contribution in [-0.4, -0.2) is 65.4 Å². The van der Waals surface area contributed by atoms with Crippen molar-refractivity contribution in [2.45, 2.75) is 14.7 Å². The number of benzene rings is 4. The molecule has 0 spiro atoms. The summed E-state index contributed by atoms with van der Waals surface area (Å²) in [7, 11) is -14.5. The fourth-order valence-corrected chi connectivity index (χ4v) is 6.99. The molecule has 0 saturated carbocycles. The molecule has 1 heterocycles. The summed E-state index contributed by atoms with van der Waals surface area (Å²) in [6.07, 6.45) is 0. The largest absolute Gasteiger partial charge is 0.354 e. The van der Waals surface area contributed by atoms with Crippen molar-refractivity contribution in [2.75, 3.05) is 16.0 Å². The van der Waals surface area contributed by atoms with Crippen LogP contribution < -0.4 is 16.0 Å². The maximum atomic E-state index is 13.6. The third-order valence-electron chi connectivity index (χ3n) is 7.10. The Hall–Kier alpha value is -5.35. The minimum Gasteiger partial charge on any atom is -0.354 e. The number of rotatable bonds is 9. The monoisotopic (exact) mass is 758 g/mol. The number of nitrogens with one attached hydrogen (secondary N) is 3. The number of carbonyl (C=O) groups is 2. The maximum absolute atomic E-state index is 13.6. The van der Waals surface area contributed by atoms with Crippen LogP contribution in [0, 0.1) is 0 Å². The van der Waals surface area contributed by atoms with Crippen LogP contribution in [-0.2, 0) is 30.4 Å². The molecule has 5 aromatic rings. The van der Waals surface area contributed by atoms with Gasteiger partial charge in [0.05, 0.1) is 21.8 Å². The molecule has 4 aromatic carbocycles. The Morgan fingerprint density at radius 1 is 0.560 bits per heavy atom. The average molecular weight is 759 g/mol. The predicted molar refractivity (Wildman–Crippen MR) is 177 cm³/mol. The van der Waals surface area contributed by atoms with Gasteiger partial charge < -0.3 is 16.0 Å². The summed E-state index contributed by atoms with van der Waals surface area (Å²) in [4.78, 5) is 36.8. The van der Waals surface area contributed by atoms with Gasteiger partial charge in [-0.15, -0.1) is 0 Å². The first-order valence-electron chi connectivity index (χ1n) is 13.6. The van der Waals surface area contributed by atoms with Gasteiger partial charge in [-0.05, 0) is 60.1 Å². The Labute approximate surface area is 287 Å². The van der Waals surface area contributed by atoms with E-state index in [1.165, 1.54) is 30.3 Å². The predicted octanol–water partition coefficient (Wildman–Crippen LogP) is 4.27. The zero-order chi connectivity index (χ0) is 36.2. The number of anilines is 6. The summed E-state index contributed by atoms with van der Waals surface area (Å²) in [5.41, 5.74) is -1.42. The molecule has 1 aliphatic rings. The van der Waals surface area contributed by atoms with Crippen molar-refractivity contribution in [3.8, 4) is 0 Å². The van der Waals surface area contributed by atoms with Crippen LogP contribution >= 0.6 is 11.6 Å². The van der Waals surface area contributed by atoms with Crippen LogP contribution in [0.3, 0.4) is 0 Å². The molecule has 0 unspecified atom stereocenters. The second-order valence-corrected chi connectivity index (χ2v) is 14.9. The maximum Gasteiger partial charge on any atom is 0.296 e. The number of aromatic nitrogens is 3. The zero-order valence-corrected chi connectivity index (χ0v) is 27.8. The van der Waals surface area contributed by atoms with E-state index >= 15 is 0 Å². The summed E-state index contributed by atoms with van der Waals surface area (Å²) in [5, 5.41) is 7.45. The average Bonchev–Trinajstić information content (AvgIpc) is 3.02. The molecule has 0 fully saturated rings. The lowest BCUT2D eigenvalue weighted by atomic mass is 9.83. The molecule has 6 N–H and O–H groups in total. The second-order valence-electron chi connectivity index (χ2n) is 10.4. The Kier molecular flexibility index (Phi) is 8.64. The fourth-order valence-electron chi connectivity index (χ4n) is 5.03. The van der Waals surface area contributed by atoms with Crippen LogP contribution in [0.1, 0.15) is 31.8 Å². The van der Waals surface area contributed by atoms with Crippen LogP contribution in [0.4, 0.5) is 34.6 Å². The molecule has 1 aromatic heterocycles. The van der Waals surface area contributed by atoms with Gasteiger partial charge in [-0.25, -0.2) is 0 Å². The van der Waals surface area contributed by atoms with E-state index in [4.69, 9.17) is 11.6 Å². The highest BCUT2D eigenvalue weighted by Gasteiger charge is 2.35. The number of halogens is 1. The Morgan fingerprint density at radius 3 is 1.80 bits per heavy atom. The van der Waals surface area contributed by atoms with Gasteiger partial charge in [0.25, 0.3) is 30.4 Å². The first-order valence-corrected chi connectivity index (χ1v) is 18.3. The molecular formula is C29H19ClN6O11S3. The minimum absolute atomic E-state index is 0.0227. The Balaban J connectivity index is 1.42. The number of fused-ring (bicyclic) bond motifs is 2. The van der Waals surface area contributed by atoms with E-state index in [9.17, 15) is 48.5 Å². The molecule has 0 bridgehead atoms. The van der Waals surface area contributed by atoms with Crippen molar-refractivity contribution >= 4 is 88.2 Å². The van der Waals surface area contributed by atoms with Crippen molar-refractivity contribution in [1.82, 2.24) is 15.0 Å². The number of ketones is 2. The molecule has 0 aliphatic heterocycles. The summed E-state index contributed by atoms with van der Waals surface area (Å²) >= 11 is 6.05. The molecule has 0 saturated heterocycles. The van der Waals surface area contributed by atoms with E-state index in [0.717, 1.165) is 42.5 Å². The van der Waals surface area contributed by atoms with Crippen molar-refractivity contribution in [3.63, 3.8) is 0 Å². The highest BCUT2D eigenvalue weighted by atomic mass is 35.5. The summed E-state index contributed by atoms with van der Waals surface area (Å²) in [6, 6.07) is 15.8. The number of nitrogens with zero attached hydrogens (tertiary/aromatic N) is 3. The zero-order valence-electron chi connectivity index (χ0n) is 24.6. The standard InChI is InChI=1S/C29H19ClN6O11S3/c30-27-34-28(32-14-4-3-5-16(12-14)48(39,40)41)36-29(35-27)33-20-13-15(8-10-21(20)49(42,43)44)31-24-22(50(45,46)47)11-9-19-23(24)26(38)18-7-2-1-6-17(18)25(19)37/h1-13,31H,(H,39,40,41)(H,42,43,44)(H,45,46,47)(H2,32,33,34,35,36). The third kappa shape index (κ3) is 6.89. The second kappa shape index (κ2) is 12.5. The van der Waals surface area contributed by atoms with E-state index in [0.29, 0.717) is 0 Å². The molecule has 21 heteroatoms. The van der Waals surface area contributed by atoms with Gasteiger partial charge in [0.15, 0.2) is 11.6 Å². The van der Waals surface area contributed by atoms with Gasteiger partial charge in [-0.1, -0.05) is 30.3 Å². The van der Waals surface area contributed by atoms with Crippen LogP contribution in [0.2, 0.25) is 5.28 Å². The molecule has 0 atom stereocenters. The van der Waals surface area contributed by atoms with Gasteiger partial charge in [0, 0.05) is 28.1 Å². The van der Waals surface area contributed by atoms with Crippen molar-refractivity contribution in [1.29, 1.82) is 0 Å². The smallest absolute Gasteiger partial charge is 0.296 e. The molecule has 256 valence electrons. The van der Waals surface area contributed by atoms with Crippen LogP contribution in [0.25, 0.3) is 0 Å². The summed E-state index contributed by atoms with van der Waals surface area (Å²) in [5.74, 6) is -2.02. The summed E-state index contributed by atoms with van der Waals surface area (Å²) in [6.45, 7) is 0. The number of carbonyl (C=O) groups excluding carboxylic acids is 2. The molecule has 50 heavy (non-hydrogen) atoms. The van der Waals surface area contributed by atoms with Crippen molar-refractivity contribution in [2.24, 2.45) is 0 Å². The first kappa shape index (κ1) is 34.5.